The summed E-state index contributed by atoms with van der Waals surface area (Å²) in [6.45, 7) is 4.58. The maximum Gasteiger partial charge on any atom is 0.123 e. The Bertz CT molecular complexity index is 552. The predicted octanol–water partition coefficient (Wildman–Crippen LogP) is 3.12. The molecule has 1 N–H and O–H groups in total. The van der Waals surface area contributed by atoms with Crippen LogP contribution in [0.5, 0.6) is 5.75 Å². The van der Waals surface area contributed by atoms with E-state index in [-0.39, 0.29) is 0 Å². The van der Waals surface area contributed by atoms with Gasteiger partial charge in [0.05, 0.1) is 19.4 Å². The number of thiazole rings is 1. The molecule has 2 aromatic rings. The highest BCUT2D eigenvalue weighted by Crippen LogP contribution is 2.29. The lowest BCUT2D eigenvalue weighted by Crippen LogP contribution is -2.18. The minimum atomic E-state index is 0.728. The van der Waals surface area contributed by atoms with Gasteiger partial charge in [0, 0.05) is 30.6 Å². The highest BCUT2D eigenvalue weighted by atomic mass is 32.1. The van der Waals surface area contributed by atoms with E-state index in [2.05, 4.69) is 24.4 Å². The standard InChI is InChI=1S/C16H22N2O2S/c1-4-14-15(11-17-9-10-19-2)21-16(18-14)12-5-7-13(20-3)8-6-12/h5-8,17H,4,9-11H2,1-3H3. The number of benzene rings is 1. The molecule has 0 saturated carbocycles. The molecule has 1 heterocycles. The fraction of sp³-hybridized carbons (Fsp3) is 0.438. The molecule has 0 aliphatic carbocycles. The van der Waals surface area contributed by atoms with Crippen molar-refractivity contribution in [3.8, 4) is 16.3 Å². The molecule has 0 atom stereocenters. The Labute approximate surface area is 130 Å². The van der Waals surface area contributed by atoms with Crippen LogP contribution in [0.25, 0.3) is 10.6 Å². The van der Waals surface area contributed by atoms with Crippen LogP contribution >= 0.6 is 11.3 Å². The molecule has 21 heavy (non-hydrogen) atoms. The second-order valence-electron chi connectivity index (χ2n) is 4.64. The second-order valence-corrected chi connectivity index (χ2v) is 5.72. The average molecular weight is 306 g/mol. The summed E-state index contributed by atoms with van der Waals surface area (Å²) in [7, 11) is 3.39. The monoisotopic (exact) mass is 306 g/mol. The van der Waals surface area contributed by atoms with Gasteiger partial charge in [-0.05, 0) is 30.7 Å². The van der Waals surface area contributed by atoms with Crippen molar-refractivity contribution in [2.24, 2.45) is 0 Å². The summed E-state index contributed by atoms with van der Waals surface area (Å²) in [6, 6.07) is 8.05. The van der Waals surface area contributed by atoms with E-state index in [1.165, 1.54) is 10.6 Å². The van der Waals surface area contributed by atoms with Crippen LogP contribution in [0.1, 0.15) is 17.5 Å². The molecule has 5 heteroatoms. The first-order chi connectivity index (χ1) is 10.3. The van der Waals surface area contributed by atoms with Crippen molar-refractivity contribution >= 4 is 11.3 Å². The van der Waals surface area contributed by atoms with Gasteiger partial charge < -0.3 is 14.8 Å². The van der Waals surface area contributed by atoms with Gasteiger partial charge in [-0.1, -0.05) is 6.92 Å². The van der Waals surface area contributed by atoms with Gasteiger partial charge >= 0.3 is 0 Å². The molecule has 0 radical (unpaired) electrons. The molecule has 2 rings (SSSR count). The van der Waals surface area contributed by atoms with Crippen LogP contribution < -0.4 is 10.1 Å². The van der Waals surface area contributed by atoms with Gasteiger partial charge in [0.25, 0.3) is 0 Å². The third-order valence-corrected chi connectivity index (χ3v) is 4.37. The summed E-state index contributed by atoms with van der Waals surface area (Å²) in [5, 5.41) is 4.45. The first-order valence-corrected chi connectivity index (χ1v) is 7.92. The quantitative estimate of drug-likeness (QED) is 0.761. The maximum absolute atomic E-state index is 5.19. The Morgan fingerprint density at radius 3 is 2.57 bits per heavy atom. The SMILES string of the molecule is CCc1nc(-c2ccc(OC)cc2)sc1CNCCOC. The van der Waals surface area contributed by atoms with Crippen LogP contribution in [-0.4, -0.2) is 32.4 Å². The lowest BCUT2D eigenvalue weighted by Gasteiger charge is -2.02. The molecule has 114 valence electrons. The van der Waals surface area contributed by atoms with E-state index in [9.17, 15) is 0 Å². The maximum atomic E-state index is 5.19. The van der Waals surface area contributed by atoms with E-state index < -0.39 is 0 Å². The number of aromatic nitrogens is 1. The second kappa shape index (κ2) is 8.12. The molecule has 0 unspecified atom stereocenters. The van der Waals surface area contributed by atoms with Gasteiger partial charge in [0.2, 0.25) is 0 Å². The largest absolute Gasteiger partial charge is 0.497 e. The topological polar surface area (TPSA) is 43.4 Å². The van der Waals surface area contributed by atoms with Crippen molar-refractivity contribution in [3.63, 3.8) is 0 Å². The normalized spacial score (nSPS) is 10.8. The minimum Gasteiger partial charge on any atom is -0.497 e. The third-order valence-electron chi connectivity index (χ3n) is 3.22. The van der Waals surface area contributed by atoms with Crippen LogP contribution in [0.3, 0.4) is 0 Å². The number of hydrogen-bond donors (Lipinski definition) is 1. The third kappa shape index (κ3) is 4.27. The van der Waals surface area contributed by atoms with Crippen molar-refractivity contribution in [3.05, 3.63) is 34.8 Å². The zero-order valence-electron chi connectivity index (χ0n) is 12.8. The predicted molar refractivity (Wildman–Crippen MR) is 87.1 cm³/mol. The smallest absolute Gasteiger partial charge is 0.123 e. The van der Waals surface area contributed by atoms with Gasteiger partial charge in [0.1, 0.15) is 10.8 Å². The zero-order valence-corrected chi connectivity index (χ0v) is 13.6. The lowest BCUT2D eigenvalue weighted by molar-refractivity contribution is 0.199. The summed E-state index contributed by atoms with van der Waals surface area (Å²) in [5.74, 6) is 0.868. The van der Waals surface area contributed by atoms with Crippen LogP contribution in [0.4, 0.5) is 0 Å². The molecular formula is C16H22N2O2S. The van der Waals surface area contributed by atoms with Gasteiger partial charge in [-0.3, -0.25) is 0 Å². The van der Waals surface area contributed by atoms with Crippen molar-refractivity contribution < 1.29 is 9.47 Å². The van der Waals surface area contributed by atoms with Crippen molar-refractivity contribution in [2.75, 3.05) is 27.4 Å². The highest BCUT2D eigenvalue weighted by molar-refractivity contribution is 7.15. The molecule has 0 spiro atoms. The number of nitrogens with zero attached hydrogens (tertiary/aromatic N) is 1. The lowest BCUT2D eigenvalue weighted by atomic mass is 10.2. The number of nitrogens with one attached hydrogen (secondary N) is 1. The van der Waals surface area contributed by atoms with Gasteiger partial charge in [-0.2, -0.15) is 0 Å². The number of hydrogen-bond acceptors (Lipinski definition) is 5. The van der Waals surface area contributed by atoms with E-state index in [1.54, 1.807) is 25.6 Å². The Morgan fingerprint density at radius 1 is 1.19 bits per heavy atom. The van der Waals surface area contributed by atoms with Crippen molar-refractivity contribution in [2.45, 2.75) is 19.9 Å². The zero-order chi connectivity index (χ0) is 15.1. The molecule has 0 saturated heterocycles. The number of methoxy groups -OCH3 is 2. The van der Waals surface area contributed by atoms with E-state index in [4.69, 9.17) is 14.5 Å². The summed E-state index contributed by atoms with van der Waals surface area (Å²) >= 11 is 1.75. The molecule has 0 aliphatic heterocycles. The molecule has 0 bridgehead atoms. The molecule has 1 aromatic heterocycles. The van der Waals surface area contributed by atoms with E-state index in [1.807, 2.05) is 12.1 Å². The van der Waals surface area contributed by atoms with Gasteiger partial charge in [-0.25, -0.2) is 4.98 Å². The van der Waals surface area contributed by atoms with Gasteiger partial charge in [-0.15, -0.1) is 11.3 Å². The number of rotatable bonds is 8. The molecular weight excluding hydrogens is 284 g/mol. The molecule has 0 amide bonds. The number of ether oxygens (including phenoxy) is 2. The first kappa shape index (κ1) is 15.9. The minimum absolute atomic E-state index is 0.728. The van der Waals surface area contributed by atoms with Crippen LogP contribution in [0.2, 0.25) is 0 Å². The molecule has 1 aromatic carbocycles. The Balaban J connectivity index is 2.11. The Kier molecular flexibility index (Phi) is 6.17. The Morgan fingerprint density at radius 2 is 1.95 bits per heavy atom. The van der Waals surface area contributed by atoms with Gasteiger partial charge in [0.15, 0.2) is 0 Å². The first-order valence-electron chi connectivity index (χ1n) is 7.11. The van der Waals surface area contributed by atoms with Crippen molar-refractivity contribution in [1.29, 1.82) is 0 Å². The Hall–Kier alpha value is -1.43. The summed E-state index contributed by atoms with van der Waals surface area (Å²) in [6.07, 6.45) is 0.952. The fourth-order valence-corrected chi connectivity index (χ4v) is 3.16. The summed E-state index contributed by atoms with van der Waals surface area (Å²) in [5.41, 5.74) is 2.31. The summed E-state index contributed by atoms with van der Waals surface area (Å²) in [4.78, 5) is 6.06. The average Bonchev–Trinajstić information content (AvgIpc) is 2.95. The van der Waals surface area contributed by atoms with Crippen LogP contribution in [0, 0.1) is 0 Å². The van der Waals surface area contributed by atoms with Crippen LogP contribution in [-0.2, 0) is 17.7 Å². The fourth-order valence-electron chi connectivity index (χ4n) is 2.03. The molecule has 0 aliphatic rings. The van der Waals surface area contributed by atoms with E-state index in [0.29, 0.717) is 0 Å². The highest BCUT2D eigenvalue weighted by Gasteiger charge is 2.11. The number of aryl methyl sites for hydroxylation is 1. The van der Waals surface area contributed by atoms with Crippen molar-refractivity contribution in [1.82, 2.24) is 10.3 Å². The molecule has 4 nitrogen and oxygen atoms in total. The van der Waals surface area contributed by atoms with E-state index >= 15 is 0 Å². The molecule has 0 fully saturated rings. The van der Waals surface area contributed by atoms with Crippen LogP contribution in [0.15, 0.2) is 24.3 Å². The summed E-state index contributed by atoms with van der Waals surface area (Å²) < 4.78 is 10.2. The van der Waals surface area contributed by atoms with E-state index in [0.717, 1.165) is 42.4 Å².